The number of amides is 1. The van der Waals surface area contributed by atoms with E-state index in [0.29, 0.717) is 5.56 Å². The molecule has 1 aromatic rings. The maximum absolute atomic E-state index is 11.8. The fourth-order valence-electron chi connectivity index (χ4n) is 1.64. The molecule has 1 amide bonds. The predicted octanol–water partition coefficient (Wildman–Crippen LogP) is 1.22. The SMILES string of the molecule is BCc1cccc(/C(O)=C(/OC(C)C)C(=O)NC)c1. The van der Waals surface area contributed by atoms with Gasteiger partial charge in [-0.25, -0.2) is 0 Å². The highest BCUT2D eigenvalue weighted by Crippen LogP contribution is 2.19. The first-order chi connectivity index (χ1) is 8.99. The van der Waals surface area contributed by atoms with E-state index in [-0.39, 0.29) is 17.6 Å². The number of nitrogens with one attached hydrogen (secondary N) is 1. The van der Waals surface area contributed by atoms with Gasteiger partial charge in [-0.2, -0.15) is 0 Å². The molecule has 5 heteroatoms. The van der Waals surface area contributed by atoms with Crippen LogP contribution in [0.4, 0.5) is 0 Å². The number of hydrogen-bond acceptors (Lipinski definition) is 3. The van der Waals surface area contributed by atoms with Gasteiger partial charge in [-0.1, -0.05) is 30.1 Å². The van der Waals surface area contributed by atoms with E-state index in [1.807, 2.05) is 26.0 Å². The highest BCUT2D eigenvalue weighted by atomic mass is 16.5. The number of carbonyl (C=O) groups is 1. The molecule has 19 heavy (non-hydrogen) atoms. The van der Waals surface area contributed by atoms with E-state index in [9.17, 15) is 9.90 Å². The van der Waals surface area contributed by atoms with Gasteiger partial charge in [0.25, 0.3) is 5.91 Å². The van der Waals surface area contributed by atoms with Crippen LogP contribution in [0.1, 0.15) is 25.0 Å². The van der Waals surface area contributed by atoms with Crippen LogP contribution in [0.2, 0.25) is 0 Å². The molecule has 0 bridgehead atoms. The summed E-state index contributed by atoms with van der Waals surface area (Å²) < 4.78 is 5.41. The molecule has 0 unspecified atom stereocenters. The van der Waals surface area contributed by atoms with Gasteiger partial charge in [0.05, 0.1) is 6.10 Å². The van der Waals surface area contributed by atoms with Gasteiger partial charge >= 0.3 is 0 Å². The van der Waals surface area contributed by atoms with E-state index in [0.717, 1.165) is 11.9 Å². The van der Waals surface area contributed by atoms with Crippen molar-refractivity contribution >= 4 is 19.5 Å². The molecular formula is C14H20BNO3. The van der Waals surface area contributed by atoms with E-state index in [1.165, 1.54) is 7.05 Å². The first-order valence-corrected chi connectivity index (χ1v) is 6.40. The highest BCUT2D eigenvalue weighted by molar-refractivity contribution is 6.08. The van der Waals surface area contributed by atoms with E-state index < -0.39 is 5.91 Å². The topological polar surface area (TPSA) is 58.6 Å². The molecule has 0 heterocycles. The molecule has 1 aromatic carbocycles. The molecule has 0 fully saturated rings. The Balaban J connectivity index is 3.22. The molecule has 102 valence electrons. The van der Waals surface area contributed by atoms with Gasteiger partial charge in [0, 0.05) is 12.6 Å². The van der Waals surface area contributed by atoms with Crippen molar-refractivity contribution in [3.63, 3.8) is 0 Å². The first kappa shape index (κ1) is 15.2. The quantitative estimate of drug-likeness (QED) is 0.476. The van der Waals surface area contributed by atoms with Gasteiger partial charge in [-0.3, -0.25) is 4.79 Å². The van der Waals surface area contributed by atoms with Crippen LogP contribution in [0.5, 0.6) is 0 Å². The summed E-state index contributed by atoms with van der Waals surface area (Å²) in [7, 11) is 3.53. The molecule has 0 saturated carbocycles. The number of ether oxygens (including phenoxy) is 1. The lowest BCUT2D eigenvalue weighted by Gasteiger charge is -2.14. The molecule has 0 aromatic heterocycles. The molecular weight excluding hydrogens is 241 g/mol. The summed E-state index contributed by atoms with van der Waals surface area (Å²) in [6.07, 6.45) is 0.672. The molecule has 0 aliphatic carbocycles. The van der Waals surface area contributed by atoms with Crippen molar-refractivity contribution in [1.29, 1.82) is 0 Å². The van der Waals surface area contributed by atoms with Crippen LogP contribution in [-0.2, 0) is 15.9 Å². The fraction of sp³-hybridized carbons (Fsp3) is 0.357. The zero-order valence-corrected chi connectivity index (χ0v) is 11.9. The Hall–Kier alpha value is -1.91. The van der Waals surface area contributed by atoms with Crippen molar-refractivity contribution in [1.82, 2.24) is 5.32 Å². The van der Waals surface area contributed by atoms with Crippen molar-refractivity contribution in [2.24, 2.45) is 0 Å². The number of carbonyl (C=O) groups excluding carboxylic acids is 1. The second kappa shape index (κ2) is 6.88. The molecule has 0 aliphatic rings. The Bertz CT molecular complexity index is 483. The number of rotatable bonds is 5. The van der Waals surface area contributed by atoms with Crippen LogP contribution in [0.15, 0.2) is 30.0 Å². The third-order valence-corrected chi connectivity index (χ3v) is 2.61. The maximum Gasteiger partial charge on any atom is 0.290 e. The van der Waals surface area contributed by atoms with Crippen LogP contribution in [0, 0.1) is 0 Å². The van der Waals surface area contributed by atoms with Gasteiger partial charge in [-0.15, -0.1) is 0 Å². The normalized spacial score (nSPS) is 12.0. The average Bonchev–Trinajstić information content (AvgIpc) is 2.43. The minimum atomic E-state index is -0.437. The summed E-state index contributed by atoms with van der Waals surface area (Å²) >= 11 is 0. The van der Waals surface area contributed by atoms with Gasteiger partial charge < -0.3 is 15.2 Å². The minimum absolute atomic E-state index is 0.0502. The van der Waals surface area contributed by atoms with Crippen LogP contribution >= 0.6 is 0 Å². The van der Waals surface area contributed by atoms with Crippen molar-refractivity contribution in [2.75, 3.05) is 7.05 Å². The van der Waals surface area contributed by atoms with E-state index >= 15 is 0 Å². The molecule has 0 atom stereocenters. The Morgan fingerprint density at radius 2 is 2.16 bits per heavy atom. The maximum atomic E-state index is 11.8. The average molecular weight is 261 g/mol. The molecule has 1 rings (SSSR count). The smallest absolute Gasteiger partial charge is 0.290 e. The first-order valence-electron chi connectivity index (χ1n) is 6.40. The lowest BCUT2D eigenvalue weighted by Crippen LogP contribution is -2.24. The minimum Gasteiger partial charge on any atom is -0.504 e. The van der Waals surface area contributed by atoms with Gasteiger partial charge in [-0.05, 0) is 19.9 Å². The van der Waals surface area contributed by atoms with Crippen LogP contribution in [-0.4, -0.2) is 32.0 Å². The summed E-state index contributed by atoms with van der Waals surface area (Å²) in [4.78, 5) is 11.8. The highest BCUT2D eigenvalue weighted by Gasteiger charge is 2.18. The summed E-state index contributed by atoms with van der Waals surface area (Å²) in [6, 6.07) is 7.42. The number of benzene rings is 1. The van der Waals surface area contributed by atoms with Crippen molar-refractivity contribution in [3.8, 4) is 0 Å². The zero-order chi connectivity index (χ0) is 14.4. The molecule has 0 radical (unpaired) electrons. The predicted molar refractivity (Wildman–Crippen MR) is 78.5 cm³/mol. The van der Waals surface area contributed by atoms with Gasteiger partial charge in [0.2, 0.25) is 5.76 Å². The third-order valence-electron chi connectivity index (χ3n) is 2.61. The summed E-state index contributed by atoms with van der Waals surface area (Å²) in [6.45, 7) is 3.61. The molecule has 4 nitrogen and oxygen atoms in total. The van der Waals surface area contributed by atoms with E-state index in [4.69, 9.17) is 4.74 Å². The van der Waals surface area contributed by atoms with Gasteiger partial charge in [0.15, 0.2) is 5.76 Å². The summed E-state index contributed by atoms with van der Waals surface area (Å²) in [5.41, 5.74) is 1.67. The van der Waals surface area contributed by atoms with E-state index in [2.05, 4.69) is 5.32 Å². The Kier molecular flexibility index (Phi) is 5.48. The lowest BCUT2D eigenvalue weighted by atomic mass is 9.95. The van der Waals surface area contributed by atoms with Gasteiger partial charge in [0.1, 0.15) is 7.85 Å². The third kappa shape index (κ3) is 4.05. The number of likely N-dealkylation sites (N-methyl/N-ethyl adjacent to an activating group) is 1. The van der Waals surface area contributed by atoms with Crippen molar-refractivity contribution in [3.05, 3.63) is 41.2 Å². The largest absolute Gasteiger partial charge is 0.504 e. The lowest BCUT2D eigenvalue weighted by molar-refractivity contribution is -0.121. The second-order valence-electron chi connectivity index (χ2n) is 4.48. The standard InChI is InChI=1S/C14H20BNO3/c1-9(2)19-13(14(18)16-3)12(17)11-6-4-5-10(7-11)8-15/h4-7,9,17H,8,15H2,1-3H3,(H,16,18)/b13-12-. The summed E-state index contributed by atoms with van der Waals surface area (Å²) in [5.74, 6) is -0.623. The van der Waals surface area contributed by atoms with Crippen molar-refractivity contribution < 1.29 is 14.6 Å². The van der Waals surface area contributed by atoms with Crippen molar-refractivity contribution in [2.45, 2.75) is 26.3 Å². The second-order valence-corrected chi connectivity index (χ2v) is 4.48. The Morgan fingerprint density at radius 1 is 1.47 bits per heavy atom. The zero-order valence-electron chi connectivity index (χ0n) is 11.9. The van der Waals surface area contributed by atoms with Crippen LogP contribution in [0.25, 0.3) is 5.76 Å². The number of hydrogen-bond donors (Lipinski definition) is 2. The number of aliphatic hydroxyl groups excluding tert-OH is 1. The van der Waals surface area contributed by atoms with E-state index in [1.54, 1.807) is 19.9 Å². The Morgan fingerprint density at radius 3 is 2.68 bits per heavy atom. The van der Waals surface area contributed by atoms with Crippen LogP contribution in [0.3, 0.4) is 0 Å². The fourth-order valence-corrected chi connectivity index (χ4v) is 1.64. The summed E-state index contributed by atoms with van der Waals surface area (Å²) in [5, 5.41) is 12.7. The molecule has 0 saturated heterocycles. The monoisotopic (exact) mass is 261 g/mol. The number of aliphatic hydroxyl groups is 1. The molecule has 0 spiro atoms. The Labute approximate surface area is 114 Å². The van der Waals surface area contributed by atoms with Crippen LogP contribution < -0.4 is 5.32 Å². The molecule has 0 aliphatic heterocycles. The molecule has 2 N–H and O–H groups in total.